The van der Waals surface area contributed by atoms with Crippen molar-refractivity contribution < 1.29 is 18.3 Å². The molecule has 12 heteroatoms. The average molecular weight is 492 g/mol. The van der Waals surface area contributed by atoms with E-state index < -0.39 is 18.2 Å². The van der Waals surface area contributed by atoms with Crippen LogP contribution < -0.4 is 11.1 Å². The Morgan fingerprint density at radius 2 is 2.21 bits per heavy atom. The Balaban J connectivity index is 1.50. The summed E-state index contributed by atoms with van der Waals surface area (Å²) in [7, 11) is 1.63. The molecule has 2 aromatic heterocycles. The molecule has 4 rings (SSSR count). The number of halogens is 2. The third-order valence-corrected chi connectivity index (χ3v) is 7.32. The number of hydrogen-bond donors (Lipinski definition) is 2. The fourth-order valence-corrected chi connectivity index (χ4v) is 5.34. The summed E-state index contributed by atoms with van der Waals surface area (Å²) in [5, 5.41) is 3.00. The van der Waals surface area contributed by atoms with Crippen LogP contribution in [0.4, 0.5) is 14.7 Å². The van der Waals surface area contributed by atoms with E-state index in [0.29, 0.717) is 42.7 Å². The predicted molar refractivity (Wildman–Crippen MR) is 127 cm³/mol. The number of carbonyl (C=O) groups is 1. The zero-order valence-electron chi connectivity index (χ0n) is 19.2. The monoisotopic (exact) mass is 491 g/mol. The molecule has 2 aromatic rings. The molecule has 3 N–H and O–H groups in total. The molecule has 9 nitrogen and oxygen atoms in total. The van der Waals surface area contributed by atoms with Gasteiger partial charge in [-0.25, -0.2) is 9.97 Å². The number of nitrogens with two attached hydrogens (primary N) is 1. The number of amidine groups is 1. The fraction of sp³-hybridized carbons (Fsp3) is 0.455. The van der Waals surface area contributed by atoms with Crippen molar-refractivity contribution in [2.75, 3.05) is 45.2 Å². The van der Waals surface area contributed by atoms with E-state index in [-0.39, 0.29) is 12.5 Å². The molecule has 0 aromatic carbocycles. The molecule has 0 unspecified atom stereocenters. The normalized spacial score (nSPS) is 20.2. The molecule has 2 aliphatic heterocycles. The number of carbonyl (C=O) groups excluding carboxylic acids is 1. The number of anilines is 1. The highest BCUT2D eigenvalue weighted by Crippen LogP contribution is 2.45. The van der Waals surface area contributed by atoms with Crippen LogP contribution in [0, 0.1) is 0 Å². The third-order valence-electron chi connectivity index (χ3n) is 5.85. The lowest BCUT2D eigenvalue weighted by Crippen LogP contribution is -2.50. The second-order valence-corrected chi connectivity index (χ2v) is 9.54. The Labute approximate surface area is 200 Å². The van der Waals surface area contributed by atoms with Gasteiger partial charge in [0.2, 0.25) is 5.95 Å². The number of rotatable bonds is 6. The topological polar surface area (TPSA) is 109 Å². The molecular weight excluding hydrogens is 464 g/mol. The zero-order chi connectivity index (χ0) is 24.5. The first-order valence-electron chi connectivity index (χ1n) is 10.8. The van der Waals surface area contributed by atoms with Crippen molar-refractivity contribution in [3.63, 3.8) is 0 Å². The van der Waals surface area contributed by atoms with Gasteiger partial charge in [-0.15, -0.1) is 11.3 Å². The van der Waals surface area contributed by atoms with Crippen LogP contribution in [-0.4, -0.2) is 77.5 Å². The molecule has 182 valence electrons. The summed E-state index contributed by atoms with van der Waals surface area (Å²) in [5.41, 5.74) is 6.16. The maximum absolute atomic E-state index is 13.5. The number of fused-ring (bicyclic) bond motifs is 1. The van der Waals surface area contributed by atoms with E-state index >= 15 is 0 Å². The molecule has 4 heterocycles. The summed E-state index contributed by atoms with van der Waals surface area (Å²) < 4.78 is 31.6. The van der Waals surface area contributed by atoms with Gasteiger partial charge in [0.1, 0.15) is 5.84 Å². The Kier molecular flexibility index (Phi) is 6.65. The van der Waals surface area contributed by atoms with Crippen molar-refractivity contribution in [2.24, 2.45) is 10.7 Å². The van der Waals surface area contributed by atoms with Crippen molar-refractivity contribution in [2.45, 2.75) is 25.5 Å². The molecular formula is C22H27F2N7O2S. The first-order valence-corrected chi connectivity index (χ1v) is 11.6. The fourth-order valence-electron chi connectivity index (χ4n) is 4.11. The lowest BCUT2D eigenvalue weighted by Gasteiger charge is -2.36. The van der Waals surface area contributed by atoms with Gasteiger partial charge in [-0.05, 0) is 38.3 Å². The van der Waals surface area contributed by atoms with Crippen LogP contribution in [0.25, 0.3) is 10.6 Å². The summed E-state index contributed by atoms with van der Waals surface area (Å²) in [6, 6.07) is 3.62. The van der Waals surface area contributed by atoms with Crippen LogP contribution in [0.2, 0.25) is 0 Å². The average Bonchev–Trinajstić information content (AvgIpc) is 3.31. The van der Waals surface area contributed by atoms with Crippen LogP contribution in [0.1, 0.15) is 29.1 Å². The molecule has 2 aliphatic rings. The van der Waals surface area contributed by atoms with Crippen LogP contribution in [-0.2, 0) is 10.3 Å². The standard InChI is InChI=1S/C22H27F2N7O2S/c1-21(2)18-14(19(32)31(21)9-8-30-10-11-33-22(23,24)13-30)12-16(34-18)15-5-7-27-20(28-15)29-17(26-3)4-6-25/h4-7,12H,8-11,13,25H2,1-3H3,(H,26,27,28,29). The van der Waals surface area contributed by atoms with Gasteiger partial charge in [0, 0.05) is 37.8 Å². The number of ether oxygens (including phenoxy) is 1. The highest BCUT2D eigenvalue weighted by Gasteiger charge is 2.45. The number of nitrogens with zero attached hydrogens (tertiary/aromatic N) is 5. The number of thiophene rings is 1. The van der Waals surface area contributed by atoms with Gasteiger partial charge in [-0.1, -0.05) is 0 Å². The second kappa shape index (κ2) is 9.35. The molecule has 0 spiro atoms. The van der Waals surface area contributed by atoms with Crippen molar-refractivity contribution in [1.29, 1.82) is 0 Å². The van der Waals surface area contributed by atoms with E-state index in [2.05, 4.69) is 25.0 Å². The highest BCUT2D eigenvalue weighted by atomic mass is 32.1. The van der Waals surface area contributed by atoms with Crippen LogP contribution in [0.15, 0.2) is 35.6 Å². The van der Waals surface area contributed by atoms with E-state index in [4.69, 9.17) is 5.73 Å². The van der Waals surface area contributed by atoms with E-state index in [1.807, 2.05) is 19.9 Å². The Bertz CT molecular complexity index is 1130. The van der Waals surface area contributed by atoms with Crippen molar-refractivity contribution in [3.05, 3.63) is 41.0 Å². The van der Waals surface area contributed by atoms with Gasteiger partial charge in [0.15, 0.2) is 0 Å². The quantitative estimate of drug-likeness (QED) is 0.472. The van der Waals surface area contributed by atoms with E-state index in [0.717, 1.165) is 9.75 Å². The highest BCUT2D eigenvalue weighted by molar-refractivity contribution is 7.16. The summed E-state index contributed by atoms with van der Waals surface area (Å²) >= 11 is 1.50. The lowest BCUT2D eigenvalue weighted by molar-refractivity contribution is -0.270. The van der Waals surface area contributed by atoms with Crippen molar-refractivity contribution >= 4 is 29.0 Å². The van der Waals surface area contributed by atoms with Gasteiger partial charge in [-0.3, -0.25) is 14.7 Å². The summed E-state index contributed by atoms with van der Waals surface area (Å²) in [4.78, 5) is 31.2. The number of morpholine rings is 1. The van der Waals surface area contributed by atoms with Gasteiger partial charge in [-0.2, -0.15) is 8.78 Å². The minimum atomic E-state index is -3.15. The number of amides is 1. The zero-order valence-corrected chi connectivity index (χ0v) is 20.0. The van der Waals surface area contributed by atoms with Crippen molar-refractivity contribution in [1.82, 2.24) is 19.8 Å². The summed E-state index contributed by atoms with van der Waals surface area (Å²) in [5.74, 6) is 0.765. The van der Waals surface area contributed by atoms with Gasteiger partial charge in [0.25, 0.3) is 5.91 Å². The molecule has 0 radical (unpaired) electrons. The molecule has 34 heavy (non-hydrogen) atoms. The Morgan fingerprint density at radius 1 is 1.41 bits per heavy atom. The second-order valence-electron chi connectivity index (χ2n) is 8.49. The van der Waals surface area contributed by atoms with Gasteiger partial charge in [0.05, 0.1) is 34.8 Å². The van der Waals surface area contributed by atoms with Crippen LogP contribution >= 0.6 is 11.3 Å². The first-order chi connectivity index (χ1) is 16.1. The number of aromatic nitrogens is 2. The predicted octanol–water partition coefficient (Wildman–Crippen LogP) is 2.73. The van der Waals surface area contributed by atoms with Gasteiger partial charge >= 0.3 is 6.11 Å². The number of aliphatic imine (C=N–C) groups is 1. The van der Waals surface area contributed by atoms with E-state index in [1.165, 1.54) is 17.5 Å². The smallest absolute Gasteiger partial charge is 0.368 e. The number of alkyl halides is 2. The van der Waals surface area contributed by atoms with Crippen molar-refractivity contribution in [3.8, 4) is 10.6 Å². The molecule has 1 saturated heterocycles. The first kappa shape index (κ1) is 24.2. The summed E-state index contributed by atoms with van der Waals surface area (Å²) in [6.07, 6.45) is 1.45. The Hall–Kier alpha value is -2.96. The van der Waals surface area contributed by atoms with E-state index in [1.54, 1.807) is 35.2 Å². The minimum Gasteiger partial charge on any atom is -0.404 e. The number of nitrogens with one attached hydrogen (secondary N) is 1. The molecule has 1 fully saturated rings. The minimum absolute atomic E-state index is 0.0229. The molecule has 1 amide bonds. The Morgan fingerprint density at radius 3 is 2.88 bits per heavy atom. The third kappa shape index (κ3) is 4.79. The number of hydrogen-bond acceptors (Lipinski definition) is 8. The maximum atomic E-state index is 13.5. The molecule has 0 saturated carbocycles. The maximum Gasteiger partial charge on any atom is 0.368 e. The van der Waals surface area contributed by atoms with E-state index in [9.17, 15) is 13.6 Å². The SMILES string of the molecule is CN=C(C=CN)Nc1nccc(-c2cc3c(s2)C(C)(C)N(CCN2CCOC(F)(F)C2)C3=O)n1. The molecule has 0 aliphatic carbocycles. The lowest BCUT2D eigenvalue weighted by atomic mass is 10.0. The molecule has 0 bridgehead atoms. The van der Waals surface area contributed by atoms with Gasteiger partial charge < -0.3 is 20.7 Å². The van der Waals surface area contributed by atoms with Crippen LogP contribution in [0.5, 0.6) is 0 Å². The summed E-state index contributed by atoms with van der Waals surface area (Å²) in [6.45, 7) is 4.59. The largest absolute Gasteiger partial charge is 0.404 e. The van der Waals surface area contributed by atoms with Crippen LogP contribution in [0.3, 0.4) is 0 Å². The molecule has 0 atom stereocenters.